The Balaban J connectivity index is 1.63. The van der Waals surface area contributed by atoms with Crippen molar-refractivity contribution >= 4 is 16.7 Å². The third-order valence-corrected chi connectivity index (χ3v) is 5.33. The molecule has 1 amide bonds. The summed E-state index contributed by atoms with van der Waals surface area (Å²) in [6, 6.07) is 18.2. The molecule has 1 heterocycles. The van der Waals surface area contributed by atoms with Crippen molar-refractivity contribution in [3.8, 4) is 11.1 Å². The molecule has 23 heavy (non-hydrogen) atoms. The number of benzene rings is 2. The highest BCUT2D eigenvalue weighted by Gasteiger charge is 2.19. The Morgan fingerprint density at radius 3 is 2.39 bits per heavy atom. The number of hydrogen-bond acceptors (Lipinski definition) is 2. The van der Waals surface area contributed by atoms with Crippen LogP contribution in [0, 0.1) is 0 Å². The maximum atomic E-state index is 12.3. The number of nitrogens with zero attached hydrogens (tertiary/aromatic N) is 1. The van der Waals surface area contributed by atoms with E-state index in [0.717, 1.165) is 42.6 Å². The van der Waals surface area contributed by atoms with Gasteiger partial charge in [0, 0.05) is 29.6 Å². The number of carbonyl (C=O) groups is 1. The van der Waals surface area contributed by atoms with E-state index < -0.39 is 10.8 Å². The molecule has 2 aromatic rings. The maximum Gasteiger partial charge on any atom is 0.235 e. The van der Waals surface area contributed by atoms with Crippen LogP contribution in [-0.2, 0) is 21.3 Å². The number of hydrogen-bond donors (Lipinski definition) is 0. The van der Waals surface area contributed by atoms with E-state index in [1.54, 1.807) is 0 Å². The quantitative estimate of drug-likeness (QED) is 0.845. The van der Waals surface area contributed by atoms with Crippen LogP contribution in [0.1, 0.15) is 18.4 Å². The molecule has 1 unspecified atom stereocenters. The number of likely N-dealkylation sites (tertiary alicyclic amines) is 1. The summed E-state index contributed by atoms with van der Waals surface area (Å²) in [6.07, 6.45) is 2.13. The van der Waals surface area contributed by atoms with Crippen LogP contribution in [0.4, 0.5) is 0 Å². The van der Waals surface area contributed by atoms with Gasteiger partial charge in [-0.1, -0.05) is 54.6 Å². The summed E-state index contributed by atoms with van der Waals surface area (Å²) in [4.78, 5) is 13.9. The van der Waals surface area contributed by atoms with Crippen molar-refractivity contribution in [2.45, 2.75) is 18.6 Å². The second kappa shape index (κ2) is 7.55. The minimum absolute atomic E-state index is 0.0278. The van der Waals surface area contributed by atoms with Gasteiger partial charge >= 0.3 is 0 Å². The van der Waals surface area contributed by atoms with Gasteiger partial charge in [-0.05, 0) is 29.5 Å². The number of rotatable bonds is 5. The molecule has 3 rings (SSSR count). The maximum absolute atomic E-state index is 12.3. The highest BCUT2D eigenvalue weighted by Crippen LogP contribution is 2.20. The number of carbonyl (C=O) groups excluding carboxylic acids is 1. The molecule has 1 aliphatic heterocycles. The van der Waals surface area contributed by atoms with Crippen molar-refractivity contribution in [3.05, 3.63) is 60.2 Å². The van der Waals surface area contributed by atoms with E-state index in [0.29, 0.717) is 5.75 Å². The van der Waals surface area contributed by atoms with Gasteiger partial charge in [-0.2, -0.15) is 0 Å². The van der Waals surface area contributed by atoms with Crippen molar-refractivity contribution in [2.24, 2.45) is 0 Å². The van der Waals surface area contributed by atoms with E-state index in [1.165, 1.54) is 0 Å². The highest BCUT2D eigenvalue weighted by atomic mass is 32.2. The fourth-order valence-electron chi connectivity index (χ4n) is 2.90. The van der Waals surface area contributed by atoms with Gasteiger partial charge in [0.25, 0.3) is 0 Å². The second-order valence-corrected chi connectivity index (χ2v) is 7.34. The molecule has 0 saturated carbocycles. The van der Waals surface area contributed by atoms with Crippen molar-refractivity contribution in [2.75, 3.05) is 18.8 Å². The van der Waals surface area contributed by atoms with Crippen molar-refractivity contribution < 1.29 is 9.00 Å². The summed E-state index contributed by atoms with van der Waals surface area (Å²) in [6.45, 7) is 1.64. The Morgan fingerprint density at radius 2 is 1.65 bits per heavy atom. The molecule has 1 fully saturated rings. The van der Waals surface area contributed by atoms with Gasteiger partial charge in [0.15, 0.2) is 0 Å². The van der Waals surface area contributed by atoms with E-state index in [9.17, 15) is 9.00 Å². The molecule has 1 atom stereocenters. The smallest absolute Gasteiger partial charge is 0.235 e. The fraction of sp³-hybridized carbons (Fsp3) is 0.316. The Bertz CT molecular complexity index is 694. The van der Waals surface area contributed by atoms with Gasteiger partial charge in [0.2, 0.25) is 5.91 Å². The number of amides is 1. The van der Waals surface area contributed by atoms with Gasteiger partial charge in [0.05, 0.1) is 0 Å². The zero-order valence-electron chi connectivity index (χ0n) is 13.1. The monoisotopic (exact) mass is 327 g/mol. The summed E-state index contributed by atoms with van der Waals surface area (Å²) in [5.41, 5.74) is 3.28. The molecule has 0 aromatic heterocycles. The van der Waals surface area contributed by atoms with Crippen LogP contribution in [0.2, 0.25) is 0 Å². The zero-order chi connectivity index (χ0) is 16.1. The normalized spacial score (nSPS) is 15.6. The Kier molecular flexibility index (Phi) is 5.23. The molecule has 0 N–H and O–H groups in total. The third kappa shape index (κ3) is 4.29. The van der Waals surface area contributed by atoms with Crippen LogP contribution < -0.4 is 0 Å². The van der Waals surface area contributed by atoms with Gasteiger partial charge in [-0.3, -0.25) is 9.00 Å². The molecule has 0 bridgehead atoms. The molecular formula is C19H21NO2S. The average molecular weight is 327 g/mol. The molecule has 1 aliphatic rings. The van der Waals surface area contributed by atoms with Gasteiger partial charge in [-0.25, -0.2) is 0 Å². The van der Waals surface area contributed by atoms with E-state index in [2.05, 4.69) is 24.3 Å². The Hall–Kier alpha value is -1.94. The first kappa shape index (κ1) is 15.9. The highest BCUT2D eigenvalue weighted by molar-refractivity contribution is 7.84. The SMILES string of the molecule is O=C(CS(=O)Cc1cccc(-c2ccccc2)c1)N1CCCC1. The summed E-state index contributed by atoms with van der Waals surface area (Å²) in [5.74, 6) is 0.593. The lowest BCUT2D eigenvalue weighted by Gasteiger charge is -2.14. The predicted octanol–water partition coefficient (Wildman–Crippen LogP) is 3.22. The molecule has 4 heteroatoms. The molecule has 3 nitrogen and oxygen atoms in total. The van der Waals surface area contributed by atoms with Crippen molar-refractivity contribution in [1.82, 2.24) is 4.90 Å². The van der Waals surface area contributed by atoms with Crippen LogP contribution in [0.25, 0.3) is 11.1 Å². The van der Waals surface area contributed by atoms with Crippen LogP contribution >= 0.6 is 0 Å². The summed E-state index contributed by atoms with van der Waals surface area (Å²) >= 11 is 0. The summed E-state index contributed by atoms with van der Waals surface area (Å²) in [5, 5.41) is 0. The Morgan fingerprint density at radius 1 is 0.957 bits per heavy atom. The molecule has 0 aliphatic carbocycles. The van der Waals surface area contributed by atoms with Gasteiger partial charge < -0.3 is 4.90 Å². The lowest BCUT2D eigenvalue weighted by Crippen LogP contribution is -2.31. The summed E-state index contributed by atoms with van der Waals surface area (Å²) < 4.78 is 12.3. The second-order valence-electron chi connectivity index (χ2n) is 5.88. The molecule has 2 aromatic carbocycles. The molecule has 0 radical (unpaired) electrons. The van der Waals surface area contributed by atoms with Crippen LogP contribution in [0.3, 0.4) is 0 Å². The predicted molar refractivity (Wildman–Crippen MR) is 94.4 cm³/mol. The lowest BCUT2D eigenvalue weighted by atomic mass is 10.0. The van der Waals surface area contributed by atoms with Crippen molar-refractivity contribution in [3.63, 3.8) is 0 Å². The molecule has 120 valence electrons. The molecule has 0 spiro atoms. The first-order valence-electron chi connectivity index (χ1n) is 7.99. The standard InChI is InChI=1S/C19H21NO2S/c21-19(20-11-4-5-12-20)15-23(22)14-16-7-6-10-18(13-16)17-8-2-1-3-9-17/h1-3,6-10,13H,4-5,11-12,14-15H2. The van der Waals surface area contributed by atoms with Crippen LogP contribution in [-0.4, -0.2) is 33.9 Å². The minimum Gasteiger partial charge on any atom is -0.342 e. The Labute approximate surface area is 139 Å². The zero-order valence-corrected chi connectivity index (χ0v) is 13.9. The van der Waals surface area contributed by atoms with E-state index in [1.807, 2.05) is 35.2 Å². The first-order chi connectivity index (χ1) is 11.2. The first-order valence-corrected chi connectivity index (χ1v) is 9.48. The summed E-state index contributed by atoms with van der Waals surface area (Å²) in [7, 11) is -1.15. The van der Waals surface area contributed by atoms with Gasteiger partial charge in [-0.15, -0.1) is 0 Å². The lowest BCUT2D eigenvalue weighted by molar-refractivity contribution is -0.127. The van der Waals surface area contributed by atoms with E-state index in [-0.39, 0.29) is 11.7 Å². The van der Waals surface area contributed by atoms with E-state index in [4.69, 9.17) is 0 Å². The fourth-order valence-corrected chi connectivity index (χ4v) is 4.02. The molecule has 1 saturated heterocycles. The van der Waals surface area contributed by atoms with Crippen LogP contribution in [0.5, 0.6) is 0 Å². The van der Waals surface area contributed by atoms with Crippen molar-refractivity contribution in [1.29, 1.82) is 0 Å². The van der Waals surface area contributed by atoms with Gasteiger partial charge in [0.1, 0.15) is 5.75 Å². The average Bonchev–Trinajstić information content (AvgIpc) is 3.10. The molecular weight excluding hydrogens is 306 g/mol. The topological polar surface area (TPSA) is 37.4 Å². The minimum atomic E-state index is -1.15. The third-order valence-electron chi connectivity index (χ3n) is 4.10. The van der Waals surface area contributed by atoms with E-state index >= 15 is 0 Å². The van der Waals surface area contributed by atoms with Crippen LogP contribution in [0.15, 0.2) is 54.6 Å². The largest absolute Gasteiger partial charge is 0.342 e.